The van der Waals surface area contributed by atoms with Gasteiger partial charge in [-0.15, -0.1) is 0 Å². The Hall–Kier alpha value is -2.37. The van der Waals surface area contributed by atoms with E-state index in [-0.39, 0.29) is 0 Å². The predicted molar refractivity (Wildman–Crippen MR) is 67.0 cm³/mol. The molecule has 0 aliphatic rings. The van der Waals surface area contributed by atoms with E-state index in [4.69, 9.17) is 0 Å². The standard InChI is InChI=1S/C12H13FN4O/c1-2-8-7-14-17-11(8)16-12(18)15-10-5-3-4-9(13)6-10/h3-7H,2H2,1H3,(H3,14,15,16,17,18). The fraction of sp³-hybridized carbons (Fsp3) is 0.167. The number of benzene rings is 1. The summed E-state index contributed by atoms with van der Waals surface area (Å²) in [5.41, 5.74) is 1.30. The highest BCUT2D eigenvalue weighted by Crippen LogP contribution is 2.13. The Morgan fingerprint density at radius 3 is 3.00 bits per heavy atom. The molecule has 94 valence electrons. The first-order valence-corrected chi connectivity index (χ1v) is 5.55. The number of rotatable bonds is 3. The average Bonchev–Trinajstić information content (AvgIpc) is 2.76. The van der Waals surface area contributed by atoms with E-state index in [1.54, 1.807) is 12.3 Å². The summed E-state index contributed by atoms with van der Waals surface area (Å²) in [6.07, 6.45) is 2.41. The maximum atomic E-state index is 12.9. The molecule has 0 saturated carbocycles. The van der Waals surface area contributed by atoms with Gasteiger partial charge < -0.3 is 5.32 Å². The molecule has 0 fully saturated rings. The number of H-pyrrole nitrogens is 1. The van der Waals surface area contributed by atoms with Crippen molar-refractivity contribution in [1.29, 1.82) is 0 Å². The number of aryl methyl sites for hydroxylation is 1. The van der Waals surface area contributed by atoms with Crippen molar-refractivity contribution in [3.8, 4) is 0 Å². The van der Waals surface area contributed by atoms with Crippen molar-refractivity contribution in [3.63, 3.8) is 0 Å². The number of urea groups is 1. The normalized spacial score (nSPS) is 10.1. The molecular weight excluding hydrogens is 235 g/mol. The molecule has 0 radical (unpaired) electrons. The number of nitrogens with one attached hydrogen (secondary N) is 3. The van der Waals surface area contributed by atoms with E-state index >= 15 is 0 Å². The molecule has 2 amide bonds. The first-order chi connectivity index (χ1) is 8.69. The number of aromatic nitrogens is 2. The van der Waals surface area contributed by atoms with Crippen molar-refractivity contribution < 1.29 is 9.18 Å². The fourth-order valence-electron chi connectivity index (χ4n) is 1.53. The second-order valence-electron chi connectivity index (χ2n) is 3.71. The number of carbonyl (C=O) groups excluding carboxylic acids is 1. The molecular formula is C12H13FN4O. The highest BCUT2D eigenvalue weighted by Gasteiger charge is 2.07. The summed E-state index contributed by atoms with van der Waals surface area (Å²) in [4.78, 5) is 11.7. The maximum absolute atomic E-state index is 12.9. The first kappa shape index (κ1) is 12.1. The average molecular weight is 248 g/mol. The largest absolute Gasteiger partial charge is 0.324 e. The summed E-state index contributed by atoms with van der Waals surface area (Å²) in [5.74, 6) is 0.148. The minimum atomic E-state index is -0.445. The SMILES string of the molecule is CCc1cn[nH]c1NC(=O)Nc1cccc(F)c1. The molecule has 18 heavy (non-hydrogen) atoms. The van der Waals surface area contributed by atoms with Crippen LogP contribution in [0.3, 0.4) is 0 Å². The molecule has 2 rings (SSSR count). The molecule has 0 bridgehead atoms. The number of nitrogens with zero attached hydrogens (tertiary/aromatic N) is 1. The van der Waals surface area contributed by atoms with E-state index in [1.807, 2.05) is 6.92 Å². The number of anilines is 2. The van der Waals surface area contributed by atoms with Gasteiger partial charge in [0.05, 0.1) is 6.20 Å². The van der Waals surface area contributed by atoms with E-state index in [0.717, 1.165) is 12.0 Å². The summed E-state index contributed by atoms with van der Waals surface area (Å²) in [7, 11) is 0. The number of halogens is 1. The van der Waals surface area contributed by atoms with Gasteiger partial charge in [-0.25, -0.2) is 9.18 Å². The van der Waals surface area contributed by atoms with Crippen LogP contribution in [0.2, 0.25) is 0 Å². The lowest BCUT2D eigenvalue weighted by Gasteiger charge is -2.07. The Bertz CT molecular complexity index is 553. The molecule has 0 saturated heterocycles. The quantitative estimate of drug-likeness (QED) is 0.781. The lowest BCUT2D eigenvalue weighted by Crippen LogP contribution is -2.20. The number of hydrogen-bond donors (Lipinski definition) is 3. The monoisotopic (exact) mass is 248 g/mol. The third-order valence-electron chi connectivity index (χ3n) is 2.42. The van der Waals surface area contributed by atoms with Gasteiger partial charge in [-0.2, -0.15) is 5.10 Å². The zero-order chi connectivity index (χ0) is 13.0. The zero-order valence-corrected chi connectivity index (χ0v) is 9.83. The van der Waals surface area contributed by atoms with Gasteiger partial charge in [-0.3, -0.25) is 10.4 Å². The third kappa shape index (κ3) is 2.85. The van der Waals surface area contributed by atoms with E-state index < -0.39 is 11.8 Å². The van der Waals surface area contributed by atoms with Crippen LogP contribution < -0.4 is 10.6 Å². The van der Waals surface area contributed by atoms with Crippen molar-refractivity contribution >= 4 is 17.5 Å². The molecule has 1 aromatic heterocycles. The van der Waals surface area contributed by atoms with Crippen molar-refractivity contribution in [2.45, 2.75) is 13.3 Å². The summed E-state index contributed by atoms with van der Waals surface area (Å²) in [6.45, 7) is 1.96. The molecule has 5 nitrogen and oxygen atoms in total. The Labute approximate surface area is 103 Å². The van der Waals surface area contributed by atoms with Crippen molar-refractivity contribution in [2.24, 2.45) is 0 Å². The van der Waals surface area contributed by atoms with Crippen LogP contribution in [0.15, 0.2) is 30.5 Å². The van der Waals surface area contributed by atoms with Gasteiger partial charge in [0.15, 0.2) is 0 Å². The topological polar surface area (TPSA) is 69.8 Å². The van der Waals surface area contributed by atoms with Crippen LogP contribution in [0.25, 0.3) is 0 Å². The molecule has 0 atom stereocenters. The molecule has 1 aromatic carbocycles. The van der Waals surface area contributed by atoms with Crippen LogP contribution in [0.4, 0.5) is 20.7 Å². The van der Waals surface area contributed by atoms with Gasteiger partial charge in [0.1, 0.15) is 11.6 Å². The van der Waals surface area contributed by atoms with Crippen LogP contribution in [0.5, 0.6) is 0 Å². The van der Waals surface area contributed by atoms with E-state index in [0.29, 0.717) is 11.5 Å². The van der Waals surface area contributed by atoms with Crippen LogP contribution in [-0.4, -0.2) is 16.2 Å². The van der Waals surface area contributed by atoms with Gasteiger partial charge in [0, 0.05) is 11.3 Å². The Morgan fingerprint density at radius 1 is 1.44 bits per heavy atom. The van der Waals surface area contributed by atoms with Crippen LogP contribution >= 0.6 is 0 Å². The van der Waals surface area contributed by atoms with Gasteiger partial charge in [-0.1, -0.05) is 13.0 Å². The van der Waals surface area contributed by atoms with E-state index in [1.165, 1.54) is 18.2 Å². The van der Waals surface area contributed by atoms with Crippen molar-refractivity contribution in [3.05, 3.63) is 41.8 Å². The predicted octanol–water partition coefficient (Wildman–Crippen LogP) is 2.76. The molecule has 0 aliphatic heterocycles. The molecule has 6 heteroatoms. The Kier molecular flexibility index (Phi) is 3.57. The number of hydrogen-bond acceptors (Lipinski definition) is 2. The van der Waals surface area contributed by atoms with Crippen LogP contribution in [0.1, 0.15) is 12.5 Å². The Morgan fingerprint density at radius 2 is 2.28 bits per heavy atom. The Balaban J connectivity index is 2.01. The van der Waals surface area contributed by atoms with Crippen LogP contribution in [0, 0.1) is 5.82 Å². The van der Waals surface area contributed by atoms with Gasteiger partial charge in [-0.05, 0) is 24.6 Å². The zero-order valence-electron chi connectivity index (χ0n) is 9.83. The van der Waals surface area contributed by atoms with Gasteiger partial charge in [0.2, 0.25) is 0 Å². The maximum Gasteiger partial charge on any atom is 0.324 e. The number of aromatic amines is 1. The summed E-state index contributed by atoms with van der Waals surface area (Å²) < 4.78 is 12.9. The summed E-state index contributed by atoms with van der Waals surface area (Å²) in [5, 5.41) is 11.7. The highest BCUT2D eigenvalue weighted by atomic mass is 19.1. The number of carbonyl (C=O) groups is 1. The van der Waals surface area contributed by atoms with Crippen molar-refractivity contribution in [1.82, 2.24) is 10.2 Å². The second-order valence-corrected chi connectivity index (χ2v) is 3.71. The lowest BCUT2D eigenvalue weighted by atomic mass is 10.2. The second kappa shape index (κ2) is 5.31. The molecule has 0 aliphatic carbocycles. The van der Waals surface area contributed by atoms with Crippen molar-refractivity contribution in [2.75, 3.05) is 10.6 Å². The molecule has 1 heterocycles. The van der Waals surface area contributed by atoms with E-state index in [2.05, 4.69) is 20.8 Å². The molecule has 2 aromatic rings. The third-order valence-corrected chi connectivity index (χ3v) is 2.42. The minimum Gasteiger partial charge on any atom is -0.308 e. The van der Waals surface area contributed by atoms with Gasteiger partial charge >= 0.3 is 6.03 Å². The summed E-state index contributed by atoms with van der Waals surface area (Å²) >= 11 is 0. The highest BCUT2D eigenvalue weighted by molar-refractivity contribution is 5.99. The van der Waals surface area contributed by atoms with Crippen LogP contribution in [-0.2, 0) is 6.42 Å². The molecule has 0 unspecified atom stereocenters. The molecule has 0 spiro atoms. The lowest BCUT2D eigenvalue weighted by molar-refractivity contribution is 0.262. The van der Waals surface area contributed by atoms with E-state index in [9.17, 15) is 9.18 Å². The molecule has 3 N–H and O–H groups in total. The number of amides is 2. The first-order valence-electron chi connectivity index (χ1n) is 5.55. The van der Waals surface area contributed by atoms with Gasteiger partial charge in [0.25, 0.3) is 0 Å². The minimum absolute atomic E-state index is 0.394. The smallest absolute Gasteiger partial charge is 0.308 e. The summed E-state index contributed by atoms with van der Waals surface area (Å²) in [6, 6.07) is 5.25. The fourth-order valence-corrected chi connectivity index (χ4v) is 1.53.